The normalized spacial score (nSPS) is 9.08. The molecule has 0 unspecified atom stereocenters. The molecule has 2 aromatic rings. The molecule has 0 saturated carbocycles. The van der Waals surface area contributed by atoms with Crippen LogP contribution in [-0.4, -0.2) is 40.7 Å². The zero-order valence-electron chi connectivity index (χ0n) is 15.3. The predicted octanol–water partition coefficient (Wildman–Crippen LogP) is -6.44. The molecule has 0 amide bonds. The van der Waals surface area contributed by atoms with E-state index in [1.165, 1.54) is 48.5 Å². The van der Waals surface area contributed by atoms with Gasteiger partial charge in [-0.2, -0.15) is 0 Å². The summed E-state index contributed by atoms with van der Waals surface area (Å²) in [7, 11) is -3.52. The third kappa shape index (κ3) is 7.10. The van der Waals surface area contributed by atoms with E-state index < -0.39 is 20.4 Å². The summed E-state index contributed by atoms with van der Waals surface area (Å²) < 4.78 is 9.08. The fraction of sp³-hybridized carbons (Fsp3) is 0. The van der Waals surface area contributed by atoms with Gasteiger partial charge in [-0.25, -0.2) is 4.79 Å². The average molecular weight is 382 g/mol. The van der Waals surface area contributed by atoms with Crippen molar-refractivity contribution in [2.75, 3.05) is 0 Å². The maximum atomic E-state index is 11.5. The van der Waals surface area contributed by atoms with Gasteiger partial charge in [0.2, 0.25) is 0 Å². The van der Waals surface area contributed by atoms with E-state index in [0.717, 1.165) is 0 Å². The molecule has 0 fully saturated rings. The molecular formula is C13H14B2K2O7. The van der Waals surface area contributed by atoms with Crippen LogP contribution in [0.15, 0.2) is 48.5 Å². The number of rotatable bonds is 4. The maximum Gasteiger partial charge on any atom is 1.00 e. The molecule has 0 heterocycles. The van der Waals surface area contributed by atoms with Crippen molar-refractivity contribution >= 4 is 31.3 Å². The zero-order valence-corrected chi connectivity index (χ0v) is 19.5. The van der Waals surface area contributed by atoms with Crippen molar-refractivity contribution in [1.82, 2.24) is 0 Å². The second-order valence-electron chi connectivity index (χ2n) is 4.31. The van der Waals surface area contributed by atoms with Crippen LogP contribution in [0.4, 0.5) is 4.79 Å². The summed E-state index contributed by atoms with van der Waals surface area (Å²) in [6.07, 6.45) is -1.37. The Hall–Kier alpha value is 0.633. The average Bonchev–Trinajstić information content (AvgIpc) is 2.47. The molecule has 24 heavy (non-hydrogen) atoms. The summed E-state index contributed by atoms with van der Waals surface area (Å²) in [6, 6.07) is 11.5. The third-order valence-electron chi connectivity index (χ3n) is 2.82. The number of hydrogen-bond donors (Lipinski definition) is 4. The van der Waals surface area contributed by atoms with Gasteiger partial charge in [-0.3, -0.25) is 0 Å². The van der Waals surface area contributed by atoms with Crippen LogP contribution in [0.25, 0.3) is 0 Å². The fourth-order valence-corrected chi connectivity index (χ4v) is 1.73. The number of aromatic hydroxyl groups is 2. The molecule has 0 radical (unpaired) electrons. The van der Waals surface area contributed by atoms with Gasteiger partial charge in [-0.1, -0.05) is 36.4 Å². The Morgan fingerprint density at radius 2 is 1.12 bits per heavy atom. The van der Waals surface area contributed by atoms with E-state index in [4.69, 9.17) is 0 Å². The topological polar surface area (TPSA) is 116 Å². The molecule has 0 aliphatic heterocycles. The minimum absolute atomic E-state index is 0. The number of carbonyl (C=O) groups excluding carboxylic acids is 1. The Morgan fingerprint density at radius 1 is 0.792 bits per heavy atom. The van der Waals surface area contributed by atoms with Crippen molar-refractivity contribution in [3.63, 3.8) is 0 Å². The molecule has 2 rings (SSSR count). The van der Waals surface area contributed by atoms with Gasteiger partial charge in [0.25, 0.3) is 0 Å². The van der Waals surface area contributed by atoms with Crippen LogP contribution in [0.5, 0.6) is 11.5 Å². The summed E-state index contributed by atoms with van der Waals surface area (Å²) in [5.41, 5.74) is -0.0620. The third-order valence-corrected chi connectivity index (χ3v) is 2.82. The van der Waals surface area contributed by atoms with Crippen molar-refractivity contribution in [1.29, 1.82) is 0 Å². The van der Waals surface area contributed by atoms with Gasteiger partial charge in [-0.15, -0.1) is 0 Å². The van der Waals surface area contributed by atoms with Crippen LogP contribution in [0.2, 0.25) is 0 Å². The molecule has 0 atom stereocenters. The molecule has 116 valence electrons. The van der Waals surface area contributed by atoms with Crippen LogP contribution in [0.3, 0.4) is 0 Å². The number of phenols is 2. The molecule has 0 aliphatic carbocycles. The summed E-state index contributed by atoms with van der Waals surface area (Å²) >= 11 is 0. The van der Waals surface area contributed by atoms with Crippen molar-refractivity contribution in [2.45, 2.75) is 0 Å². The van der Waals surface area contributed by atoms with Crippen LogP contribution < -0.4 is 114 Å². The Bertz CT molecular complexity index is 629. The minimum Gasteiger partial charge on any atom is -1.00 e. The van der Waals surface area contributed by atoms with Crippen molar-refractivity contribution < 1.29 is 140 Å². The van der Waals surface area contributed by atoms with Gasteiger partial charge in [0.15, 0.2) is 0 Å². The van der Waals surface area contributed by atoms with E-state index >= 15 is 0 Å². The van der Waals surface area contributed by atoms with E-state index in [2.05, 4.69) is 9.31 Å². The Labute approximate surface area is 227 Å². The van der Waals surface area contributed by atoms with Crippen LogP contribution in [0.1, 0.15) is 2.85 Å². The van der Waals surface area contributed by atoms with Crippen molar-refractivity contribution in [2.24, 2.45) is 0 Å². The first-order valence-corrected chi connectivity index (χ1v) is 6.28. The molecule has 0 saturated heterocycles. The summed E-state index contributed by atoms with van der Waals surface area (Å²) in [4.78, 5) is 11.5. The molecule has 11 heteroatoms. The Kier molecular flexibility index (Phi) is 12.4. The molecular weight excluding hydrogens is 368 g/mol. The van der Waals surface area contributed by atoms with E-state index in [1.807, 2.05) is 0 Å². The van der Waals surface area contributed by atoms with Crippen LogP contribution in [-0.2, 0) is 9.31 Å². The van der Waals surface area contributed by atoms with E-state index in [1.54, 1.807) is 0 Å². The first-order chi connectivity index (χ1) is 10.5. The van der Waals surface area contributed by atoms with E-state index in [-0.39, 0.29) is 128 Å². The quantitative estimate of drug-likeness (QED) is 0.389. The maximum absolute atomic E-state index is 11.5. The summed E-state index contributed by atoms with van der Waals surface area (Å²) in [5, 5.41) is 38.4. The van der Waals surface area contributed by atoms with E-state index in [0.29, 0.717) is 0 Å². The standard InChI is InChI=1S/C13H12B2O7.2K.2H/c16-11-7-3-1-5-9(11)14(19)21-13(18)22-15(20)10-6-2-4-8-12(10)17;;;;/h1-8,16-17,19-20H;;;;/q;2*+1;2*-1. The Morgan fingerprint density at radius 3 is 1.46 bits per heavy atom. The number of para-hydroxylation sites is 2. The number of hydrogen-bond acceptors (Lipinski definition) is 7. The largest absolute Gasteiger partial charge is 1.00 e. The van der Waals surface area contributed by atoms with Gasteiger partial charge in [-0.05, 0) is 12.1 Å². The number of phenolic OH excluding ortho intramolecular Hbond substituents is 2. The first-order valence-electron chi connectivity index (χ1n) is 6.28. The van der Waals surface area contributed by atoms with Gasteiger partial charge < -0.3 is 32.4 Å². The summed E-state index contributed by atoms with van der Waals surface area (Å²) in [6.45, 7) is 0. The van der Waals surface area contributed by atoms with Crippen molar-refractivity contribution in [3.05, 3.63) is 48.5 Å². The molecule has 0 bridgehead atoms. The van der Waals surface area contributed by atoms with Crippen LogP contribution >= 0.6 is 0 Å². The van der Waals surface area contributed by atoms with Gasteiger partial charge in [0.05, 0.1) is 0 Å². The molecule has 4 N–H and O–H groups in total. The van der Waals surface area contributed by atoms with Gasteiger partial charge >= 0.3 is 123 Å². The fourth-order valence-electron chi connectivity index (χ4n) is 1.73. The van der Waals surface area contributed by atoms with Gasteiger partial charge in [0.1, 0.15) is 11.5 Å². The molecule has 0 spiro atoms. The second kappa shape index (κ2) is 12.1. The molecule has 2 aromatic carbocycles. The number of benzene rings is 2. The smallest absolute Gasteiger partial charge is 1.00 e. The molecule has 0 aliphatic rings. The molecule has 7 nitrogen and oxygen atoms in total. The predicted molar refractivity (Wildman–Crippen MR) is 81.2 cm³/mol. The van der Waals surface area contributed by atoms with Gasteiger partial charge in [0, 0.05) is 10.9 Å². The SMILES string of the molecule is O=C(OB(O)c1ccccc1O)OB(O)c1ccccc1O.[H-].[H-].[K+].[K+]. The molecule has 0 aromatic heterocycles. The first kappa shape index (κ1) is 24.6. The summed E-state index contributed by atoms with van der Waals surface area (Å²) in [5.74, 6) is -0.520. The second-order valence-corrected chi connectivity index (χ2v) is 4.31. The number of carbonyl (C=O) groups is 1. The minimum atomic E-state index is -1.76. The monoisotopic (exact) mass is 382 g/mol. The zero-order chi connectivity index (χ0) is 16.1. The van der Waals surface area contributed by atoms with E-state index in [9.17, 15) is 25.1 Å². The van der Waals surface area contributed by atoms with Crippen molar-refractivity contribution in [3.8, 4) is 11.5 Å². The Balaban J connectivity index is -0.00000132. The van der Waals surface area contributed by atoms with Crippen LogP contribution in [0, 0.1) is 0 Å².